The third kappa shape index (κ3) is 3.08. The highest BCUT2D eigenvalue weighted by molar-refractivity contribution is 7.91. The maximum atomic E-state index is 12.0. The molecule has 1 amide bonds. The van der Waals surface area contributed by atoms with E-state index in [2.05, 4.69) is 10.3 Å². The van der Waals surface area contributed by atoms with E-state index in [1.54, 1.807) is 12.1 Å². The van der Waals surface area contributed by atoms with Crippen molar-refractivity contribution in [3.8, 4) is 0 Å². The fourth-order valence-corrected chi connectivity index (χ4v) is 2.84. The molecule has 0 aliphatic carbocycles. The number of nitrogen functional groups attached to an aromatic ring is 1. The van der Waals surface area contributed by atoms with E-state index in [4.69, 9.17) is 10.2 Å². The lowest BCUT2D eigenvalue weighted by Gasteiger charge is -1.99. The zero-order chi connectivity index (χ0) is 14.8. The summed E-state index contributed by atoms with van der Waals surface area (Å²) < 4.78 is 29.3. The Morgan fingerprint density at radius 3 is 2.90 bits per heavy atom. The molecule has 0 bridgehead atoms. The van der Waals surface area contributed by atoms with E-state index in [9.17, 15) is 13.2 Å². The number of aromatic nitrogens is 1. The molecule has 0 saturated heterocycles. The largest absolute Gasteiger partial charge is 0.428 e. The maximum Gasteiger partial charge on any atom is 0.316 e. The molecule has 1 heterocycles. The Bertz CT molecular complexity index is 736. The number of nitrogens with one attached hydrogen (secondary N) is 1. The van der Waals surface area contributed by atoms with Gasteiger partial charge in [-0.25, -0.2) is 8.42 Å². The zero-order valence-electron chi connectivity index (χ0n) is 10.9. The number of amides is 1. The van der Waals surface area contributed by atoms with Gasteiger partial charge in [0.1, 0.15) is 5.52 Å². The number of benzene rings is 1. The Hall–Kier alpha value is -2.09. The molecule has 20 heavy (non-hydrogen) atoms. The highest BCUT2D eigenvalue weighted by atomic mass is 32.2. The van der Waals surface area contributed by atoms with Gasteiger partial charge in [0.15, 0.2) is 5.58 Å². The predicted octanol–water partition coefficient (Wildman–Crippen LogP) is 0.710. The van der Waals surface area contributed by atoms with Gasteiger partial charge in [-0.3, -0.25) is 4.79 Å². The lowest BCUT2D eigenvalue weighted by molar-refractivity contribution is -0.120. The number of nitrogens with two attached hydrogens (primary N) is 1. The fourth-order valence-electron chi connectivity index (χ4n) is 1.69. The van der Waals surface area contributed by atoms with Crippen LogP contribution < -0.4 is 11.1 Å². The van der Waals surface area contributed by atoms with Crippen molar-refractivity contribution in [2.45, 2.75) is 18.1 Å². The van der Waals surface area contributed by atoms with Crippen molar-refractivity contribution >= 4 is 32.5 Å². The minimum absolute atomic E-state index is 0.142. The van der Waals surface area contributed by atoms with Crippen LogP contribution in [-0.4, -0.2) is 32.1 Å². The molecule has 0 fully saturated rings. The second-order valence-corrected chi connectivity index (χ2v) is 6.29. The lowest BCUT2D eigenvalue weighted by Crippen LogP contribution is -2.18. The fraction of sp³-hybridized carbons (Fsp3) is 0.333. The van der Waals surface area contributed by atoms with Crippen molar-refractivity contribution in [3.63, 3.8) is 0 Å². The molecule has 0 radical (unpaired) electrons. The predicted molar refractivity (Wildman–Crippen MR) is 73.8 cm³/mol. The van der Waals surface area contributed by atoms with E-state index in [0.717, 1.165) is 0 Å². The first-order valence-corrected chi connectivity index (χ1v) is 7.67. The third-order valence-electron chi connectivity index (χ3n) is 2.75. The van der Waals surface area contributed by atoms with Gasteiger partial charge in [-0.15, -0.1) is 0 Å². The van der Waals surface area contributed by atoms with E-state index in [0.29, 0.717) is 16.8 Å². The quantitative estimate of drug-likeness (QED) is 0.785. The van der Waals surface area contributed by atoms with E-state index >= 15 is 0 Å². The van der Waals surface area contributed by atoms with Crippen LogP contribution >= 0.6 is 0 Å². The molecular weight excluding hydrogens is 282 g/mol. The average molecular weight is 297 g/mol. The monoisotopic (exact) mass is 297 g/mol. The van der Waals surface area contributed by atoms with Gasteiger partial charge in [0.05, 0.1) is 5.75 Å². The Kier molecular flexibility index (Phi) is 3.93. The minimum Gasteiger partial charge on any atom is -0.428 e. The number of anilines is 1. The normalized spacial score (nSPS) is 11.7. The average Bonchev–Trinajstić information content (AvgIpc) is 2.82. The SMILES string of the molecule is CNC(=O)CCCS(=O)(=O)c1nc2ccc(N)cc2o1. The molecule has 0 saturated carbocycles. The summed E-state index contributed by atoms with van der Waals surface area (Å²) in [5, 5.41) is 2.09. The summed E-state index contributed by atoms with van der Waals surface area (Å²) in [6.45, 7) is 0. The number of fused-ring (bicyclic) bond motifs is 1. The smallest absolute Gasteiger partial charge is 0.316 e. The zero-order valence-corrected chi connectivity index (χ0v) is 11.7. The second kappa shape index (κ2) is 5.49. The number of oxazole rings is 1. The van der Waals surface area contributed by atoms with Crippen LogP contribution in [0.5, 0.6) is 0 Å². The summed E-state index contributed by atoms with van der Waals surface area (Å²) in [4.78, 5) is 15.0. The summed E-state index contributed by atoms with van der Waals surface area (Å²) in [6.07, 6.45) is 0.353. The van der Waals surface area contributed by atoms with Gasteiger partial charge >= 0.3 is 5.22 Å². The Balaban J connectivity index is 2.17. The molecule has 108 valence electrons. The van der Waals surface area contributed by atoms with Gasteiger partial charge in [0.25, 0.3) is 0 Å². The topological polar surface area (TPSA) is 115 Å². The molecule has 1 aromatic heterocycles. The van der Waals surface area contributed by atoms with Gasteiger partial charge in [-0.05, 0) is 18.6 Å². The standard InChI is InChI=1S/C12H15N3O4S/c1-14-11(16)3-2-6-20(17,18)12-15-9-5-4-8(13)7-10(9)19-12/h4-5,7H,2-3,6,13H2,1H3,(H,14,16). The van der Waals surface area contributed by atoms with Crippen LogP contribution in [0.2, 0.25) is 0 Å². The Morgan fingerprint density at radius 2 is 2.20 bits per heavy atom. The van der Waals surface area contributed by atoms with Crippen molar-refractivity contribution in [2.24, 2.45) is 0 Å². The van der Waals surface area contributed by atoms with Gasteiger partial charge in [0, 0.05) is 25.2 Å². The van der Waals surface area contributed by atoms with Crippen LogP contribution in [0.3, 0.4) is 0 Å². The first kappa shape index (κ1) is 14.3. The number of rotatable bonds is 5. The summed E-state index contributed by atoms with van der Waals surface area (Å²) in [7, 11) is -2.14. The molecule has 0 atom stereocenters. The van der Waals surface area contributed by atoms with E-state index < -0.39 is 9.84 Å². The second-order valence-electron chi connectivity index (χ2n) is 4.30. The molecule has 0 spiro atoms. The van der Waals surface area contributed by atoms with Gasteiger partial charge < -0.3 is 15.5 Å². The molecule has 2 aromatic rings. The Labute approximate surface area is 116 Å². The number of hydrogen-bond acceptors (Lipinski definition) is 6. The molecule has 2 rings (SSSR count). The minimum atomic E-state index is -3.64. The van der Waals surface area contributed by atoms with Crippen molar-refractivity contribution in [1.82, 2.24) is 10.3 Å². The molecule has 0 aliphatic heterocycles. The van der Waals surface area contributed by atoms with Gasteiger partial charge in [-0.2, -0.15) is 4.98 Å². The van der Waals surface area contributed by atoms with Crippen molar-refractivity contribution in [2.75, 3.05) is 18.5 Å². The summed E-state index contributed by atoms with van der Waals surface area (Å²) in [5.41, 5.74) is 6.82. The molecule has 8 heteroatoms. The number of hydrogen-bond donors (Lipinski definition) is 2. The number of nitrogens with zero attached hydrogens (tertiary/aromatic N) is 1. The Morgan fingerprint density at radius 1 is 1.45 bits per heavy atom. The maximum absolute atomic E-state index is 12.0. The lowest BCUT2D eigenvalue weighted by atomic mass is 10.3. The first-order chi connectivity index (χ1) is 9.42. The van der Waals surface area contributed by atoms with Crippen LogP contribution in [0.4, 0.5) is 5.69 Å². The van der Waals surface area contributed by atoms with Crippen LogP contribution in [0, 0.1) is 0 Å². The van der Waals surface area contributed by atoms with Crippen molar-refractivity contribution in [1.29, 1.82) is 0 Å². The van der Waals surface area contributed by atoms with E-state index in [1.165, 1.54) is 13.1 Å². The highest BCUT2D eigenvalue weighted by Crippen LogP contribution is 2.22. The molecule has 0 aliphatic rings. The first-order valence-electron chi connectivity index (χ1n) is 6.02. The van der Waals surface area contributed by atoms with Gasteiger partial charge in [-0.1, -0.05) is 0 Å². The summed E-state index contributed by atoms with van der Waals surface area (Å²) in [6, 6.07) is 4.73. The van der Waals surface area contributed by atoms with E-state index in [1.807, 2.05) is 0 Å². The van der Waals surface area contributed by atoms with E-state index in [-0.39, 0.29) is 29.7 Å². The molecule has 1 aromatic carbocycles. The number of sulfone groups is 1. The van der Waals surface area contributed by atoms with Crippen molar-refractivity contribution in [3.05, 3.63) is 18.2 Å². The molecule has 7 nitrogen and oxygen atoms in total. The third-order valence-corrected chi connectivity index (χ3v) is 4.29. The summed E-state index contributed by atoms with van der Waals surface area (Å²) in [5.74, 6) is -0.395. The van der Waals surface area contributed by atoms with Crippen LogP contribution in [-0.2, 0) is 14.6 Å². The van der Waals surface area contributed by atoms with Crippen LogP contribution in [0.25, 0.3) is 11.1 Å². The van der Waals surface area contributed by atoms with Crippen LogP contribution in [0.15, 0.2) is 27.8 Å². The molecule has 3 N–H and O–H groups in total. The highest BCUT2D eigenvalue weighted by Gasteiger charge is 2.22. The molecule has 0 unspecified atom stereocenters. The number of carbonyl (C=O) groups is 1. The van der Waals surface area contributed by atoms with Crippen molar-refractivity contribution < 1.29 is 17.6 Å². The number of carbonyl (C=O) groups excluding carboxylic acids is 1. The summed E-state index contributed by atoms with van der Waals surface area (Å²) >= 11 is 0. The van der Waals surface area contributed by atoms with Gasteiger partial charge in [0.2, 0.25) is 15.7 Å². The van der Waals surface area contributed by atoms with Crippen LogP contribution in [0.1, 0.15) is 12.8 Å². The molecular formula is C12H15N3O4S.